The second-order valence-electron chi connectivity index (χ2n) is 7.76. The van der Waals surface area contributed by atoms with Gasteiger partial charge in [0.05, 0.1) is 32.8 Å². The second kappa shape index (κ2) is 11.5. The smallest absolute Gasteiger partial charge is 0.160 e. The van der Waals surface area contributed by atoms with Crippen LogP contribution in [0.2, 0.25) is 0 Å². The van der Waals surface area contributed by atoms with Crippen molar-refractivity contribution in [1.82, 2.24) is 5.32 Å². The Morgan fingerprint density at radius 2 is 1.73 bits per heavy atom. The Hall–Kier alpha value is -2.71. The number of ether oxygens (including phenoxy) is 3. The van der Waals surface area contributed by atoms with E-state index in [1.54, 1.807) is 21.3 Å². The standard InChI is InChI=1S/C25H34N2O3/c1-19(2)25(18-26,21-8-6-9-22(17-21)28-3)13-7-14-27-15-12-20-10-11-23(29-4)24(16-20)30-5/h6,8-11,16-17,19,27H,7,12-15H2,1-5H3/t25-/m1/s1. The van der Waals surface area contributed by atoms with E-state index in [4.69, 9.17) is 14.2 Å². The van der Waals surface area contributed by atoms with Gasteiger partial charge < -0.3 is 19.5 Å². The number of benzene rings is 2. The van der Waals surface area contributed by atoms with Crippen molar-refractivity contribution in [2.24, 2.45) is 5.92 Å². The van der Waals surface area contributed by atoms with E-state index in [2.05, 4.69) is 31.3 Å². The number of rotatable bonds is 12. The van der Waals surface area contributed by atoms with Crippen molar-refractivity contribution in [3.05, 3.63) is 53.6 Å². The Morgan fingerprint density at radius 1 is 0.967 bits per heavy atom. The van der Waals surface area contributed by atoms with Gasteiger partial charge in [0.2, 0.25) is 0 Å². The van der Waals surface area contributed by atoms with Gasteiger partial charge in [-0.1, -0.05) is 32.0 Å². The van der Waals surface area contributed by atoms with Crippen LogP contribution in [-0.2, 0) is 11.8 Å². The van der Waals surface area contributed by atoms with Gasteiger partial charge in [-0.15, -0.1) is 0 Å². The zero-order chi connectivity index (χ0) is 22.0. The Bertz CT molecular complexity index is 845. The molecular weight excluding hydrogens is 376 g/mol. The highest BCUT2D eigenvalue weighted by atomic mass is 16.5. The fourth-order valence-electron chi connectivity index (χ4n) is 3.80. The van der Waals surface area contributed by atoms with E-state index in [1.165, 1.54) is 5.56 Å². The molecule has 0 saturated heterocycles. The number of nitriles is 1. The van der Waals surface area contributed by atoms with E-state index in [0.29, 0.717) is 0 Å². The molecule has 0 unspecified atom stereocenters. The van der Waals surface area contributed by atoms with Crippen molar-refractivity contribution in [3.8, 4) is 23.3 Å². The first-order valence-electron chi connectivity index (χ1n) is 10.5. The fraction of sp³-hybridized carbons (Fsp3) is 0.480. The average molecular weight is 411 g/mol. The van der Waals surface area contributed by atoms with Gasteiger partial charge in [-0.25, -0.2) is 0 Å². The van der Waals surface area contributed by atoms with Crippen molar-refractivity contribution in [1.29, 1.82) is 5.26 Å². The van der Waals surface area contributed by atoms with E-state index < -0.39 is 5.41 Å². The number of methoxy groups -OCH3 is 3. The quantitative estimate of drug-likeness (QED) is 0.512. The van der Waals surface area contributed by atoms with E-state index in [-0.39, 0.29) is 5.92 Å². The number of hydrogen-bond acceptors (Lipinski definition) is 5. The van der Waals surface area contributed by atoms with Crippen LogP contribution in [0, 0.1) is 17.2 Å². The molecule has 0 aliphatic carbocycles. The average Bonchev–Trinajstić information content (AvgIpc) is 2.78. The van der Waals surface area contributed by atoms with Gasteiger partial charge in [0.25, 0.3) is 0 Å². The van der Waals surface area contributed by atoms with Crippen LogP contribution in [0.4, 0.5) is 0 Å². The molecule has 0 aromatic heterocycles. The third-order valence-corrected chi connectivity index (χ3v) is 5.73. The van der Waals surface area contributed by atoms with Crippen LogP contribution < -0.4 is 19.5 Å². The highest BCUT2D eigenvalue weighted by Crippen LogP contribution is 2.37. The molecule has 1 atom stereocenters. The largest absolute Gasteiger partial charge is 0.497 e. The molecule has 0 heterocycles. The van der Waals surface area contributed by atoms with Gasteiger partial charge in [0.15, 0.2) is 11.5 Å². The molecule has 0 spiro atoms. The summed E-state index contributed by atoms with van der Waals surface area (Å²) in [4.78, 5) is 0. The predicted molar refractivity (Wildman–Crippen MR) is 120 cm³/mol. The van der Waals surface area contributed by atoms with Gasteiger partial charge in [-0.2, -0.15) is 5.26 Å². The van der Waals surface area contributed by atoms with Crippen LogP contribution >= 0.6 is 0 Å². The Labute approximate surface area is 181 Å². The van der Waals surface area contributed by atoms with Crippen LogP contribution in [0.3, 0.4) is 0 Å². The summed E-state index contributed by atoms with van der Waals surface area (Å²) in [6.07, 6.45) is 2.64. The lowest BCUT2D eigenvalue weighted by Gasteiger charge is -2.31. The highest BCUT2D eigenvalue weighted by molar-refractivity contribution is 5.43. The fourth-order valence-corrected chi connectivity index (χ4v) is 3.80. The molecule has 2 rings (SSSR count). The lowest BCUT2D eigenvalue weighted by Crippen LogP contribution is -2.32. The first kappa shape index (κ1) is 23.6. The summed E-state index contributed by atoms with van der Waals surface area (Å²) in [5, 5.41) is 13.6. The van der Waals surface area contributed by atoms with Crippen molar-refractivity contribution in [2.45, 2.75) is 38.5 Å². The summed E-state index contributed by atoms with van der Waals surface area (Å²) in [5.74, 6) is 2.50. The summed E-state index contributed by atoms with van der Waals surface area (Å²) in [5.41, 5.74) is 1.72. The SMILES string of the molecule is COc1cccc([C@@](C#N)(CCCNCCc2ccc(OC)c(OC)c2)C(C)C)c1. The van der Waals surface area contributed by atoms with Gasteiger partial charge in [0.1, 0.15) is 5.75 Å². The maximum atomic E-state index is 10.1. The van der Waals surface area contributed by atoms with Crippen LogP contribution in [0.5, 0.6) is 17.2 Å². The first-order chi connectivity index (χ1) is 14.5. The van der Waals surface area contributed by atoms with Crippen LogP contribution in [0.1, 0.15) is 37.8 Å². The van der Waals surface area contributed by atoms with Crippen molar-refractivity contribution < 1.29 is 14.2 Å². The zero-order valence-corrected chi connectivity index (χ0v) is 18.8. The first-order valence-corrected chi connectivity index (χ1v) is 10.5. The number of nitrogens with one attached hydrogen (secondary N) is 1. The summed E-state index contributed by atoms with van der Waals surface area (Å²) in [7, 11) is 4.95. The third-order valence-electron chi connectivity index (χ3n) is 5.73. The number of hydrogen-bond donors (Lipinski definition) is 1. The van der Waals surface area contributed by atoms with Crippen LogP contribution in [0.25, 0.3) is 0 Å². The van der Waals surface area contributed by atoms with Gasteiger partial charge in [-0.05, 0) is 73.7 Å². The Morgan fingerprint density at radius 3 is 2.37 bits per heavy atom. The zero-order valence-electron chi connectivity index (χ0n) is 18.8. The molecule has 2 aromatic carbocycles. The van der Waals surface area contributed by atoms with Crippen molar-refractivity contribution >= 4 is 0 Å². The molecule has 0 aliphatic heterocycles. The van der Waals surface area contributed by atoms with Crippen molar-refractivity contribution in [3.63, 3.8) is 0 Å². The number of nitrogens with zero attached hydrogens (tertiary/aromatic N) is 1. The van der Waals surface area contributed by atoms with Gasteiger partial charge >= 0.3 is 0 Å². The van der Waals surface area contributed by atoms with Gasteiger partial charge in [0, 0.05) is 0 Å². The minimum atomic E-state index is -0.514. The predicted octanol–water partition coefficient (Wildman–Crippen LogP) is 4.74. The molecule has 30 heavy (non-hydrogen) atoms. The summed E-state index contributed by atoms with van der Waals surface area (Å²) < 4.78 is 16.0. The minimum absolute atomic E-state index is 0.210. The molecule has 0 saturated carbocycles. The Balaban J connectivity index is 1.90. The molecular formula is C25H34N2O3. The highest BCUT2D eigenvalue weighted by Gasteiger charge is 2.35. The molecule has 5 nitrogen and oxygen atoms in total. The van der Waals surface area contributed by atoms with Crippen LogP contribution in [0.15, 0.2) is 42.5 Å². The lowest BCUT2D eigenvalue weighted by atomic mass is 9.70. The van der Waals surface area contributed by atoms with E-state index >= 15 is 0 Å². The second-order valence-corrected chi connectivity index (χ2v) is 7.76. The molecule has 162 valence electrons. The maximum Gasteiger partial charge on any atom is 0.160 e. The lowest BCUT2D eigenvalue weighted by molar-refractivity contribution is 0.353. The molecule has 0 amide bonds. The van der Waals surface area contributed by atoms with Crippen molar-refractivity contribution in [2.75, 3.05) is 34.4 Å². The van der Waals surface area contributed by atoms with E-state index in [0.717, 1.165) is 55.2 Å². The Kier molecular flexibility index (Phi) is 9.01. The maximum absolute atomic E-state index is 10.1. The topological polar surface area (TPSA) is 63.5 Å². The normalized spacial score (nSPS) is 12.8. The van der Waals surface area contributed by atoms with E-state index in [1.807, 2.05) is 36.4 Å². The molecule has 0 fully saturated rings. The molecule has 1 N–H and O–H groups in total. The van der Waals surface area contributed by atoms with Gasteiger partial charge in [-0.3, -0.25) is 0 Å². The summed E-state index contributed by atoms with van der Waals surface area (Å²) >= 11 is 0. The molecule has 5 heteroatoms. The molecule has 2 aromatic rings. The third kappa shape index (κ3) is 5.67. The summed E-state index contributed by atoms with van der Waals surface area (Å²) in [6, 6.07) is 16.5. The molecule has 0 aliphatic rings. The van der Waals surface area contributed by atoms with E-state index in [9.17, 15) is 5.26 Å². The minimum Gasteiger partial charge on any atom is -0.497 e. The summed E-state index contributed by atoms with van der Waals surface area (Å²) in [6.45, 7) is 5.98. The molecule has 0 bridgehead atoms. The van der Waals surface area contributed by atoms with Crippen LogP contribution in [-0.4, -0.2) is 34.4 Å². The molecule has 0 radical (unpaired) electrons. The monoisotopic (exact) mass is 410 g/mol.